The zero-order valence-corrected chi connectivity index (χ0v) is 7.72. The average Bonchev–Trinajstić information content (AvgIpc) is 2.06. The Bertz CT molecular complexity index is 150. The third-order valence-corrected chi connectivity index (χ3v) is 2.77. The lowest BCUT2D eigenvalue weighted by Crippen LogP contribution is -2.43. The third kappa shape index (κ3) is 1.95. The maximum Gasteiger partial charge on any atom is 0.0826 e. The van der Waals surface area contributed by atoms with E-state index in [4.69, 9.17) is 0 Å². The minimum Gasteiger partial charge on any atom is -0.373 e. The van der Waals surface area contributed by atoms with Gasteiger partial charge in [-0.1, -0.05) is 20.8 Å². The first kappa shape index (κ1) is 8.57. The molecule has 2 heteroatoms. The molecule has 2 nitrogen and oxygen atoms in total. The van der Waals surface area contributed by atoms with Gasteiger partial charge in [0.15, 0.2) is 0 Å². The van der Waals surface area contributed by atoms with Crippen LogP contribution < -0.4 is 5.32 Å². The Kier molecular flexibility index (Phi) is 2.53. The zero-order valence-electron chi connectivity index (χ0n) is 7.72. The summed E-state index contributed by atoms with van der Waals surface area (Å²) in [7, 11) is 0. The maximum atomic E-state index is 4.14. The van der Waals surface area contributed by atoms with E-state index in [-0.39, 0.29) is 0 Å². The van der Waals surface area contributed by atoms with Crippen molar-refractivity contribution >= 4 is 6.34 Å². The van der Waals surface area contributed by atoms with Crippen molar-refractivity contribution in [2.75, 3.05) is 6.54 Å². The van der Waals surface area contributed by atoms with Crippen molar-refractivity contribution in [2.45, 2.75) is 39.7 Å². The van der Waals surface area contributed by atoms with Gasteiger partial charge in [0.05, 0.1) is 6.34 Å². The predicted octanol–water partition coefficient (Wildman–Crippen LogP) is 1.81. The number of aliphatic imine (C=N–C) groups is 1. The molecule has 0 aromatic heterocycles. The van der Waals surface area contributed by atoms with E-state index in [0.717, 1.165) is 6.54 Å². The second-order valence-electron chi connectivity index (χ2n) is 3.89. The molecule has 0 saturated carbocycles. The van der Waals surface area contributed by atoms with E-state index in [1.165, 1.54) is 12.8 Å². The Morgan fingerprint density at radius 1 is 1.64 bits per heavy atom. The fraction of sp³-hybridized carbons (Fsp3) is 0.889. The van der Waals surface area contributed by atoms with E-state index in [1.54, 1.807) is 0 Å². The standard InChI is InChI=1S/C9H18N2/c1-4-9(2,3)8-5-6-10-7-11-8/h7-8H,4-6H2,1-3H3,(H,10,11). The van der Waals surface area contributed by atoms with Crippen molar-refractivity contribution in [1.29, 1.82) is 0 Å². The van der Waals surface area contributed by atoms with Gasteiger partial charge in [0.25, 0.3) is 0 Å². The van der Waals surface area contributed by atoms with Crippen molar-refractivity contribution in [1.82, 2.24) is 5.32 Å². The molecule has 0 saturated heterocycles. The van der Waals surface area contributed by atoms with Crippen molar-refractivity contribution in [2.24, 2.45) is 10.4 Å². The molecule has 1 heterocycles. The van der Waals surface area contributed by atoms with E-state index < -0.39 is 0 Å². The van der Waals surface area contributed by atoms with Crippen LogP contribution in [0.15, 0.2) is 4.99 Å². The third-order valence-electron chi connectivity index (χ3n) is 2.77. The molecule has 1 unspecified atom stereocenters. The summed E-state index contributed by atoms with van der Waals surface area (Å²) in [6, 6.07) is 0.616. The van der Waals surface area contributed by atoms with Crippen LogP contribution in [0.1, 0.15) is 33.6 Å². The van der Waals surface area contributed by atoms with Crippen LogP contribution in [0.5, 0.6) is 0 Å². The van der Waals surface area contributed by atoms with E-state index in [1.807, 2.05) is 6.34 Å². The molecule has 0 fully saturated rings. The molecule has 1 aliphatic heterocycles. The molecule has 0 radical (unpaired) electrons. The average molecular weight is 154 g/mol. The molecule has 0 aromatic carbocycles. The molecule has 0 aliphatic carbocycles. The molecule has 0 aromatic rings. The summed E-state index contributed by atoms with van der Waals surface area (Å²) < 4.78 is 0. The quantitative estimate of drug-likeness (QED) is 0.644. The van der Waals surface area contributed by atoms with Crippen LogP contribution in [0, 0.1) is 5.41 Å². The van der Waals surface area contributed by atoms with Gasteiger partial charge in [-0.25, -0.2) is 0 Å². The van der Waals surface area contributed by atoms with Gasteiger partial charge in [-0.05, 0) is 18.3 Å². The summed E-state index contributed by atoms with van der Waals surface area (Å²) in [4.78, 5) is 4.14. The van der Waals surface area contributed by atoms with Gasteiger partial charge in [0, 0.05) is 12.6 Å². The Balaban J connectivity index is 2.52. The Labute approximate surface area is 69.1 Å². The summed E-state index contributed by atoms with van der Waals surface area (Å²) in [5.74, 6) is 0. The fourth-order valence-electron chi connectivity index (χ4n) is 1.36. The van der Waals surface area contributed by atoms with E-state index in [9.17, 15) is 0 Å². The summed E-state index contributed by atoms with van der Waals surface area (Å²) in [5.41, 5.74) is 0.409. The molecule has 1 aliphatic rings. The molecule has 64 valence electrons. The second-order valence-corrected chi connectivity index (χ2v) is 3.89. The molecule has 0 amide bonds. The lowest BCUT2D eigenvalue weighted by Gasteiger charge is -2.34. The molecule has 1 atom stereocenters. The van der Waals surface area contributed by atoms with E-state index in [0.29, 0.717) is 11.5 Å². The first-order chi connectivity index (χ1) is 5.17. The van der Waals surface area contributed by atoms with Gasteiger partial charge >= 0.3 is 0 Å². The summed E-state index contributed by atoms with van der Waals surface area (Å²) in [6.45, 7) is 7.85. The van der Waals surface area contributed by atoms with Gasteiger partial charge < -0.3 is 5.32 Å². The predicted molar refractivity (Wildman–Crippen MR) is 49.0 cm³/mol. The normalized spacial score (nSPS) is 24.8. The fourth-order valence-corrected chi connectivity index (χ4v) is 1.36. The maximum absolute atomic E-state index is 4.14. The highest BCUT2D eigenvalue weighted by molar-refractivity contribution is 5.55. The smallest absolute Gasteiger partial charge is 0.0826 e. The topological polar surface area (TPSA) is 24.4 Å². The molecule has 0 spiro atoms. The van der Waals surface area contributed by atoms with Gasteiger partial charge in [-0.15, -0.1) is 0 Å². The summed E-state index contributed by atoms with van der Waals surface area (Å²) >= 11 is 0. The number of hydrogen-bond acceptors (Lipinski definition) is 2. The summed E-state index contributed by atoms with van der Waals surface area (Å²) in [5, 5.41) is 3.32. The SMILES string of the molecule is CCC(C)(C)C1CCN=CN1. The van der Waals surface area contributed by atoms with Crippen molar-refractivity contribution in [3.8, 4) is 0 Å². The van der Waals surface area contributed by atoms with Crippen LogP contribution in [-0.2, 0) is 0 Å². The molecular weight excluding hydrogens is 136 g/mol. The lowest BCUT2D eigenvalue weighted by molar-refractivity contribution is 0.242. The van der Waals surface area contributed by atoms with Gasteiger partial charge in [0.2, 0.25) is 0 Å². The monoisotopic (exact) mass is 154 g/mol. The van der Waals surface area contributed by atoms with Gasteiger partial charge in [-0.3, -0.25) is 4.99 Å². The van der Waals surface area contributed by atoms with Crippen molar-refractivity contribution < 1.29 is 0 Å². The van der Waals surface area contributed by atoms with Crippen LogP contribution in [0.25, 0.3) is 0 Å². The zero-order chi connectivity index (χ0) is 8.32. The highest BCUT2D eigenvalue weighted by atomic mass is 15.0. The minimum absolute atomic E-state index is 0.409. The van der Waals surface area contributed by atoms with E-state index >= 15 is 0 Å². The second kappa shape index (κ2) is 3.24. The van der Waals surface area contributed by atoms with Crippen LogP contribution >= 0.6 is 0 Å². The van der Waals surface area contributed by atoms with Crippen LogP contribution in [0.2, 0.25) is 0 Å². The number of nitrogens with zero attached hydrogens (tertiary/aromatic N) is 1. The molecule has 1 rings (SSSR count). The van der Waals surface area contributed by atoms with Crippen LogP contribution in [0.3, 0.4) is 0 Å². The highest BCUT2D eigenvalue weighted by Gasteiger charge is 2.27. The molecule has 0 bridgehead atoms. The largest absolute Gasteiger partial charge is 0.373 e. The van der Waals surface area contributed by atoms with Gasteiger partial charge in [0.1, 0.15) is 0 Å². The highest BCUT2D eigenvalue weighted by Crippen LogP contribution is 2.27. The Morgan fingerprint density at radius 3 is 2.82 bits per heavy atom. The number of nitrogens with one attached hydrogen (secondary N) is 1. The van der Waals surface area contributed by atoms with E-state index in [2.05, 4.69) is 31.1 Å². The van der Waals surface area contributed by atoms with Gasteiger partial charge in [-0.2, -0.15) is 0 Å². The minimum atomic E-state index is 0.409. The lowest BCUT2D eigenvalue weighted by atomic mass is 9.80. The van der Waals surface area contributed by atoms with Crippen LogP contribution in [0.4, 0.5) is 0 Å². The number of hydrogen-bond donors (Lipinski definition) is 1. The van der Waals surface area contributed by atoms with Crippen LogP contribution in [-0.4, -0.2) is 18.9 Å². The van der Waals surface area contributed by atoms with Crippen molar-refractivity contribution in [3.05, 3.63) is 0 Å². The Hall–Kier alpha value is -0.530. The first-order valence-corrected chi connectivity index (χ1v) is 4.41. The Morgan fingerprint density at radius 2 is 2.36 bits per heavy atom. The van der Waals surface area contributed by atoms with Crippen molar-refractivity contribution in [3.63, 3.8) is 0 Å². The molecule has 11 heavy (non-hydrogen) atoms. The first-order valence-electron chi connectivity index (χ1n) is 4.41. The number of rotatable bonds is 2. The summed E-state index contributed by atoms with van der Waals surface area (Å²) in [6.07, 6.45) is 4.25. The molecule has 1 N–H and O–H groups in total. The molecular formula is C9H18N2.